The summed E-state index contributed by atoms with van der Waals surface area (Å²) in [4.78, 5) is 24.4. The van der Waals surface area contributed by atoms with Crippen molar-refractivity contribution in [2.45, 2.75) is 12.8 Å². The third-order valence-electron chi connectivity index (χ3n) is 4.03. The van der Waals surface area contributed by atoms with Gasteiger partial charge < -0.3 is 9.15 Å². The zero-order valence-electron chi connectivity index (χ0n) is 12.6. The highest BCUT2D eigenvalue weighted by molar-refractivity contribution is 6.30. The number of carbonyl (C=O) groups is 1. The highest BCUT2D eigenvalue weighted by Gasteiger charge is 2.31. The Kier molecular flexibility index (Phi) is 3.62. The summed E-state index contributed by atoms with van der Waals surface area (Å²) in [6.07, 6.45) is 3.18. The van der Waals surface area contributed by atoms with E-state index < -0.39 is 0 Å². The van der Waals surface area contributed by atoms with E-state index in [1.54, 1.807) is 42.5 Å². The zero-order valence-corrected chi connectivity index (χ0v) is 13.4. The molecule has 0 unspecified atom stereocenters. The highest BCUT2D eigenvalue weighted by Crippen LogP contribution is 2.31. The summed E-state index contributed by atoms with van der Waals surface area (Å²) in [5.74, 6) is 0.177. The van der Waals surface area contributed by atoms with E-state index in [1.807, 2.05) is 0 Å². The minimum absolute atomic E-state index is 0.0139. The predicted molar refractivity (Wildman–Crippen MR) is 91.3 cm³/mol. The van der Waals surface area contributed by atoms with Gasteiger partial charge in [0.2, 0.25) is 0 Å². The fourth-order valence-electron chi connectivity index (χ4n) is 2.52. The lowest BCUT2D eigenvalue weighted by Crippen LogP contribution is -2.10. The number of esters is 1. The molecule has 0 atom stereocenters. The molecule has 1 fully saturated rings. The van der Waals surface area contributed by atoms with Crippen LogP contribution in [0.4, 0.5) is 0 Å². The molecular weight excluding hydrogens is 328 g/mol. The smallest absolute Gasteiger partial charge is 0.314 e. The second-order valence-corrected chi connectivity index (χ2v) is 6.28. The fraction of sp³-hybridized carbons (Fsp3) is 0.158. The molecule has 0 bridgehead atoms. The van der Waals surface area contributed by atoms with Crippen LogP contribution in [0.3, 0.4) is 0 Å². The van der Waals surface area contributed by atoms with Crippen LogP contribution in [0.2, 0.25) is 5.02 Å². The van der Waals surface area contributed by atoms with Gasteiger partial charge in [0.05, 0.1) is 16.9 Å². The molecule has 1 aromatic heterocycles. The van der Waals surface area contributed by atoms with E-state index in [1.165, 1.54) is 6.26 Å². The summed E-state index contributed by atoms with van der Waals surface area (Å²) in [5.41, 5.74) is 1.44. The van der Waals surface area contributed by atoms with Crippen molar-refractivity contribution < 1.29 is 13.9 Å². The third-order valence-corrected chi connectivity index (χ3v) is 4.28. The van der Waals surface area contributed by atoms with Gasteiger partial charge in [-0.2, -0.15) is 0 Å². The first-order valence-electron chi connectivity index (χ1n) is 7.65. The van der Waals surface area contributed by atoms with Crippen LogP contribution in [-0.2, 0) is 4.79 Å². The summed E-state index contributed by atoms with van der Waals surface area (Å²) in [6.45, 7) is 0. The van der Waals surface area contributed by atoms with Crippen LogP contribution in [0, 0.1) is 5.92 Å². The maximum absolute atomic E-state index is 12.7. The quantitative estimate of drug-likeness (QED) is 0.523. The Morgan fingerprint density at radius 1 is 1.12 bits per heavy atom. The predicted octanol–water partition coefficient (Wildman–Crippen LogP) is 4.43. The van der Waals surface area contributed by atoms with Gasteiger partial charge in [0, 0.05) is 11.1 Å². The molecule has 120 valence electrons. The summed E-state index contributed by atoms with van der Waals surface area (Å²) in [6, 6.07) is 11.8. The van der Waals surface area contributed by atoms with Crippen molar-refractivity contribution in [3.8, 4) is 16.9 Å². The zero-order chi connectivity index (χ0) is 16.7. The van der Waals surface area contributed by atoms with E-state index in [4.69, 9.17) is 20.8 Å². The molecule has 1 aliphatic carbocycles. The van der Waals surface area contributed by atoms with Crippen LogP contribution >= 0.6 is 11.6 Å². The summed E-state index contributed by atoms with van der Waals surface area (Å²) < 4.78 is 10.9. The number of fused-ring (bicyclic) bond motifs is 1. The Bertz CT molecular complexity index is 984. The summed E-state index contributed by atoms with van der Waals surface area (Å²) in [7, 11) is 0. The fourth-order valence-corrected chi connectivity index (χ4v) is 2.65. The van der Waals surface area contributed by atoms with Gasteiger partial charge in [0.1, 0.15) is 17.6 Å². The van der Waals surface area contributed by atoms with E-state index in [-0.39, 0.29) is 17.3 Å². The van der Waals surface area contributed by atoms with Crippen molar-refractivity contribution in [2.75, 3.05) is 0 Å². The Labute approximate surface area is 142 Å². The first-order chi connectivity index (χ1) is 11.6. The second-order valence-electron chi connectivity index (χ2n) is 5.84. The van der Waals surface area contributed by atoms with Crippen molar-refractivity contribution in [1.82, 2.24) is 0 Å². The molecule has 0 N–H and O–H groups in total. The van der Waals surface area contributed by atoms with Gasteiger partial charge in [-0.05, 0) is 42.7 Å². The van der Waals surface area contributed by atoms with Crippen LogP contribution in [0.1, 0.15) is 12.8 Å². The molecule has 4 rings (SSSR count). The number of hydrogen-bond acceptors (Lipinski definition) is 4. The van der Waals surface area contributed by atoms with Gasteiger partial charge >= 0.3 is 5.97 Å². The van der Waals surface area contributed by atoms with E-state index in [9.17, 15) is 9.59 Å². The van der Waals surface area contributed by atoms with Crippen molar-refractivity contribution in [1.29, 1.82) is 0 Å². The molecule has 24 heavy (non-hydrogen) atoms. The topological polar surface area (TPSA) is 56.5 Å². The van der Waals surface area contributed by atoms with Gasteiger partial charge in [0.25, 0.3) is 0 Å². The lowest BCUT2D eigenvalue weighted by molar-refractivity contribution is -0.135. The average molecular weight is 341 g/mol. The van der Waals surface area contributed by atoms with Crippen LogP contribution < -0.4 is 10.2 Å². The maximum atomic E-state index is 12.7. The molecule has 0 radical (unpaired) electrons. The van der Waals surface area contributed by atoms with Crippen molar-refractivity contribution in [2.24, 2.45) is 5.92 Å². The largest absolute Gasteiger partial charge is 0.463 e. The van der Waals surface area contributed by atoms with Crippen molar-refractivity contribution in [3.63, 3.8) is 0 Å². The minimum atomic E-state index is -0.227. The Morgan fingerprint density at radius 3 is 2.58 bits per heavy atom. The van der Waals surface area contributed by atoms with Crippen LogP contribution in [0.15, 0.2) is 57.9 Å². The number of benzene rings is 2. The molecule has 0 amide bonds. The number of halogens is 1. The molecule has 1 heterocycles. The molecule has 4 nitrogen and oxygen atoms in total. The maximum Gasteiger partial charge on any atom is 0.314 e. The minimum Gasteiger partial charge on any atom is -0.463 e. The van der Waals surface area contributed by atoms with Crippen LogP contribution in [0.25, 0.3) is 22.1 Å². The first kappa shape index (κ1) is 15.0. The average Bonchev–Trinajstić information content (AvgIpc) is 3.41. The van der Waals surface area contributed by atoms with Gasteiger partial charge in [-0.15, -0.1) is 0 Å². The highest BCUT2D eigenvalue weighted by atomic mass is 35.5. The molecule has 5 heteroatoms. The third kappa shape index (κ3) is 2.81. The van der Waals surface area contributed by atoms with E-state index in [0.717, 1.165) is 18.4 Å². The summed E-state index contributed by atoms with van der Waals surface area (Å²) in [5, 5.41) is 1.04. The van der Waals surface area contributed by atoms with E-state index in [0.29, 0.717) is 27.3 Å². The molecule has 0 spiro atoms. The lowest BCUT2D eigenvalue weighted by atomic mass is 10.1. The molecule has 0 saturated heterocycles. The van der Waals surface area contributed by atoms with Gasteiger partial charge in [-0.3, -0.25) is 9.59 Å². The normalized spacial score (nSPS) is 13.9. The second kappa shape index (κ2) is 5.80. The van der Waals surface area contributed by atoms with Crippen LogP contribution in [0.5, 0.6) is 5.75 Å². The molecular formula is C19H13ClO4. The molecule has 2 aromatic carbocycles. The molecule has 1 saturated carbocycles. The van der Waals surface area contributed by atoms with Crippen molar-refractivity contribution in [3.05, 3.63) is 64.0 Å². The molecule has 1 aliphatic rings. The Balaban J connectivity index is 1.72. The number of ether oxygens (including phenoxy) is 1. The number of rotatable bonds is 3. The van der Waals surface area contributed by atoms with Gasteiger partial charge in [-0.1, -0.05) is 23.7 Å². The Morgan fingerprint density at radius 2 is 1.88 bits per heavy atom. The van der Waals surface area contributed by atoms with E-state index in [2.05, 4.69) is 0 Å². The number of carbonyl (C=O) groups excluding carboxylic acids is 1. The van der Waals surface area contributed by atoms with E-state index >= 15 is 0 Å². The monoisotopic (exact) mass is 340 g/mol. The Hall–Kier alpha value is -2.59. The SMILES string of the molecule is O=C(Oc1ccc2c(=O)c(-c3ccc(Cl)cc3)coc2c1)C1CC1. The lowest BCUT2D eigenvalue weighted by Gasteiger charge is -2.06. The van der Waals surface area contributed by atoms with Gasteiger partial charge in [-0.25, -0.2) is 0 Å². The van der Waals surface area contributed by atoms with Crippen molar-refractivity contribution >= 4 is 28.5 Å². The van der Waals surface area contributed by atoms with Crippen LogP contribution in [-0.4, -0.2) is 5.97 Å². The van der Waals surface area contributed by atoms with Gasteiger partial charge in [0.15, 0.2) is 5.43 Å². The standard InChI is InChI=1S/C19H13ClO4/c20-13-5-3-11(4-6-13)16-10-23-17-9-14(7-8-15(17)18(16)21)24-19(22)12-1-2-12/h3-10,12H,1-2H2. The molecule has 3 aromatic rings. The first-order valence-corrected chi connectivity index (χ1v) is 8.03. The molecule has 0 aliphatic heterocycles. The number of hydrogen-bond donors (Lipinski definition) is 0. The summed E-state index contributed by atoms with van der Waals surface area (Å²) >= 11 is 5.88.